The second-order valence-electron chi connectivity index (χ2n) is 6.74. The number of carbonyl (C=O) groups is 1. The lowest BCUT2D eigenvalue weighted by Gasteiger charge is -2.17. The van der Waals surface area contributed by atoms with E-state index >= 15 is 0 Å². The Morgan fingerprint density at radius 1 is 1.00 bits per heavy atom. The van der Waals surface area contributed by atoms with E-state index in [0.29, 0.717) is 6.54 Å². The summed E-state index contributed by atoms with van der Waals surface area (Å²) < 4.78 is 27.6. The van der Waals surface area contributed by atoms with Crippen LogP contribution in [0.2, 0.25) is 0 Å². The van der Waals surface area contributed by atoms with Gasteiger partial charge in [-0.15, -0.1) is 0 Å². The van der Waals surface area contributed by atoms with Gasteiger partial charge in [-0.1, -0.05) is 28.1 Å². The molecule has 8 heteroatoms. The van der Waals surface area contributed by atoms with Gasteiger partial charge in [-0.25, -0.2) is 13.1 Å². The molecule has 1 aliphatic heterocycles. The highest BCUT2D eigenvalue weighted by atomic mass is 79.9. The number of halogens is 1. The van der Waals surface area contributed by atoms with E-state index in [9.17, 15) is 13.2 Å². The summed E-state index contributed by atoms with van der Waals surface area (Å²) in [5.74, 6) is -0.192. The number of sulfonamides is 1. The predicted molar refractivity (Wildman–Crippen MR) is 114 cm³/mol. The van der Waals surface area contributed by atoms with E-state index in [1.807, 2.05) is 12.1 Å². The average molecular weight is 466 g/mol. The van der Waals surface area contributed by atoms with Crippen LogP contribution in [-0.2, 0) is 21.4 Å². The lowest BCUT2D eigenvalue weighted by molar-refractivity contribution is -0.121. The van der Waals surface area contributed by atoms with Gasteiger partial charge in [0.25, 0.3) is 0 Å². The van der Waals surface area contributed by atoms with Crippen LogP contribution in [0.25, 0.3) is 0 Å². The molecule has 0 radical (unpaired) electrons. The summed E-state index contributed by atoms with van der Waals surface area (Å²) in [7, 11) is -3.61. The number of carbonyl (C=O) groups excluding carboxylic acids is 1. The number of rotatable bonds is 8. The van der Waals surface area contributed by atoms with Crippen molar-refractivity contribution in [3.05, 3.63) is 58.6 Å². The highest BCUT2D eigenvalue weighted by Crippen LogP contribution is 2.20. The predicted octanol–water partition coefficient (Wildman–Crippen LogP) is 3.03. The van der Waals surface area contributed by atoms with Crippen LogP contribution in [0.4, 0.5) is 5.69 Å². The molecule has 6 nitrogen and oxygen atoms in total. The van der Waals surface area contributed by atoms with Crippen molar-refractivity contribution in [2.75, 3.05) is 24.5 Å². The van der Waals surface area contributed by atoms with E-state index in [-0.39, 0.29) is 23.8 Å². The van der Waals surface area contributed by atoms with Gasteiger partial charge in [0.05, 0.1) is 4.90 Å². The van der Waals surface area contributed by atoms with Crippen LogP contribution < -0.4 is 14.9 Å². The maximum Gasteiger partial charge on any atom is 0.240 e. The van der Waals surface area contributed by atoms with E-state index in [2.05, 4.69) is 43.0 Å². The fourth-order valence-electron chi connectivity index (χ4n) is 3.08. The fraction of sp³-hybridized carbons (Fsp3) is 0.350. The summed E-state index contributed by atoms with van der Waals surface area (Å²) in [4.78, 5) is 14.5. The van der Waals surface area contributed by atoms with E-state index < -0.39 is 10.0 Å². The number of nitrogens with one attached hydrogen (secondary N) is 2. The molecule has 0 unspecified atom stereocenters. The third kappa shape index (κ3) is 5.80. The van der Waals surface area contributed by atoms with Crippen LogP contribution in [0, 0.1) is 0 Å². The molecule has 0 atom stereocenters. The summed E-state index contributed by atoms with van der Waals surface area (Å²) in [5, 5.41) is 2.83. The second kappa shape index (κ2) is 9.54. The van der Waals surface area contributed by atoms with Crippen molar-refractivity contribution in [2.45, 2.75) is 30.7 Å². The minimum Gasteiger partial charge on any atom is -0.372 e. The summed E-state index contributed by atoms with van der Waals surface area (Å²) in [6.07, 6.45) is 2.56. The van der Waals surface area contributed by atoms with Crippen molar-refractivity contribution in [2.24, 2.45) is 0 Å². The third-order valence-electron chi connectivity index (χ3n) is 4.67. The van der Waals surface area contributed by atoms with Crippen molar-refractivity contribution in [1.29, 1.82) is 0 Å². The average Bonchev–Trinajstić information content (AvgIpc) is 3.22. The topological polar surface area (TPSA) is 78.5 Å². The van der Waals surface area contributed by atoms with E-state index in [4.69, 9.17) is 0 Å². The Hall–Kier alpha value is -1.90. The molecule has 0 spiro atoms. The summed E-state index contributed by atoms with van der Waals surface area (Å²) in [6, 6.07) is 14.6. The minimum atomic E-state index is -3.61. The Morgan fingerprint density at radius 3 is 2.29 bits per heavy atom. The molecule has 1 aliphatic rings. The van der Waals surface area contributed by atoms with Crippen molar-refractivity contribution in [3.8, 4) is 0 Å². The van der Waals surface area contributed by atoms with Crippen molar-refractivity contribution < 1.29 is 13.2 Å². The van der Waals surface area contributed by atoms with Crippen LogP contribution in [0.1, 0.15) is 24.8 Å². The maximum atomic E-state index is 12.2. The van der Waals surface area contributed by atoms with E-state index in [0.717, 1.165) is 23.1 Å². The Balaban J connectivity index is 1.41. The standard InChI is InChI=1S/C20H24BrN3O3S/c21-17-5-9-19(10-6-17)28(26,27)23-12-11-20(25)22-15-16-3-7-18(8-4-16)24-13-1-2-14-24/h3-10,23H,1-2,11-15H2,(H,22,25). The first-order valence-electron chi connectivity index (χ1n) is 9.30. The number of benzene rings is 2. The van der Waals surface area contributed by atoms with Crippen LogP contribution in [0.3, 0.4) is 0 Å². The minimum absolute atomic E-state index is 0.0537. The molecule has 0 bridgehead atoms. The van der Waals surface area contributed by atoms with Crippen molar-refractivity contribution in [1.82, 2.24) is 10.0 Å². The fourth-order valence-corrected chi connectivity index (χ4v) is 4.38. The lowest BCUT2D eigenvalue weighted by atomic mass is 10.2. The largest absolute Gasteiger partial charge is 0.372 e. The molecule has 1 fully saturated rings. The van der Waals surface area contributed by atoms with Gasteiger partial charge in [-0.2, -0.15) is 0 Å². The first-order chi connectivity index (χ1) is 13.4. The first kappa shape index (κ1) is 20.8. The van der Waals surface area contributed by atoms with Gasteiger partial charge >= 0.3 is 0 Å². The van der Waals surface area contributed by atoms with Gasteiger partial charge < -0.3 is 10.2 Å². The molecule has 2 aromatic rings. The number of nitrogens with zero attached hydrogens (tertiary/aromatic N) is 1. The SMILES string of the molecule is O=C(CCNS(=O)(=O)c1ccc(Br)cc1)NCc1ccc(N2CCCC2)cc1. The summed E-state index contributed by atoms with van der Waals surface area (Å²) >= 11 is 3.27. The molecule has 150 valence electrons. The molecule has 2 N–H and O–H groups in total. The number of anilines is 1. The Bertz CT molecular complexity index is 893. The smallest absolute Gasteiger partial charge is 0.240 e. The van der Waals surface area contributed by atoms with Gasteiger partial charge in [-0.05, 0) is 54.8 Å². The monoisotopic (exact) mass is 465 g/mol. The molecule has 0 aromatic heterocycles. The zero-order valence-electron chi connectivity index (χ0n) is 15.5. The Labute approximate surface area is 174 Å². The Morgan fingerprint density at radius 2 is 1.64 bits per heavy atom. The number of hydrogen-bond donors (Lipinski definition) is 2. The molecular weight excluding hydrogens is 442 g/mol. The van der Waals surface area contributed by atoms with Gasteiger partial charge in [0.2, 0.25) is 15.9 Å². The Kier molecular flexibility index (Phi) is 7.09. The van der Waals surface area contributed by atoms with Crippen molar-refractivity contribution in [3.63, 3.8) is 0 Å². The van der Waals surface area contributed by atoms with Gasteiger partial charge in [-0.3, -0.25) is 4.79 Å². The highest BCUT2D eigenvalue weighted by molar-refractivity contribution is 9.10. The zero-order chi connectivity index (χ0) is 20.0. The summed E-state index contributed by atoms with van der Waals surface area (Å²) in [6.45, 7) is 2.69. The molecule has 0 aliphatic carbocycles. The molecule has 3 rings (SSSR count). The summed E-state index contributed by atoms with van der Waals surface area (Å²) in [5.41, 5.74) is 2.24. The lowest BCUT2D eigenvalue weighted by Crippen LogP contribution is -2.30. The third-order valence-corrected chi connectivity index (χ3v) is 6.67. The molecule has 28 heavy (non-hydrogen) atoms. The van der Waals surface area contributed by atoms with E-state index in [1.54, 1.807) is 12.1 Å². The highest BCUT2D eigenvalue weighted by Gasteiger charge is 2.14. The quantitative estimate of drug-likeness (QED) is 0.627. The molecule has 0 saturated carbocycles. The van der Waals surface area contributed by atoms with Crippen LogP contribution in [-0.4, -0.2) is 34.0 Å². The second-order valence-corrected chi connectivity index (χ2v) is 9.42. The van der Waals surface area contributed by atoms with Crippen LogP contribution in [0.15, 0.2) is 57.9 Å². The molecule has 1 saturated heterocycles. The van der Waals surface area contributed by atoms with Crippen LogP contribution in [0.5, 0.6) is 0 Å². The molecule has 1 heterocycles. The van der Waals surface area contributed by atoms with Crippen molar-refractivity contribution >= 4 is 37.5 Å². The van der Waals surface area contributed by atoms with Crippen LogP contribution >= 0.6 is 15.9 Å². The number of hydrogen-bond acceptors (Lipinski definition) is 4. The first-order valence-corrected chi connectivity index (χ1v) is 11.6. The number of amides is 1. The molecular formula is C20H24BrN3O3S. The van der Waals surface area contributed by atoms with E-state index in [1.165, 1.54) is 30.7 Å². The van der Waals surface area contributed by atoms with Gasteiger partial charge in [0.15, 0.2) is 0 Å². The maximum absolute atomic E-state index is 12.2. The van der Waals surface area contributed by atoms with Gasteiger partial charge in [0.1, 0.15) is 0 Å². The molecule has 2 aromatic carbocycles. The zero-order valence-corrected chi connectivity index (χ0v) is 17.9. The molecule has 1 amide bonds. The van der Waals surface area contributed by atoms with Gasteiger partial charge in [0, 0.05) is 42.8 Å². The normalized spacial score (nSPS) is 14.2.